The average Bonchev–Trinajstić information content (AvgIpc) is 2.92. The van der Waals surface area contributed by atoms with Gasteiger partial charge in [-0.25, -0.2) is 4.98 Å². The molecule has 0 aliphatic carbocycles. The van der Waals surface area contributed by atoms with Crippen molar-refractivity contribution in [2.45, 2.75) is 11.4 Å². The SMILES string of the molecule is C=CCc1ccc(OCCSc2nc(-c3ccccc3)cc(-c3ccccc3)c2C#N)c(OC)c1. The fourth-order valence-corrected chi connectivity index (χ4v) is 4.57. The van der Waals surface area contributed by atoms with Crippen molar-refractivity contribution in [3.63, 3.8) is 0 Å². The summed E-state index contributed by atoms with van der Waals surface area (Å²) in [5.74, 6) is 2.02. The van der Waals surface area contributed by atoms with Crippen LogP contribution in [0.5, 0.6) is 11.5 Å². The molecule has 0 N–H and O–H groups in total. The molecule has 5 heteroatoms. The Bertz CT molecular complexity index is 1330. The van der Waals surface area contributed by atoms with Crippen LogP contribution in [0.25, 0.3) is 22.4 Å². The van der Waals surface area contributed by atoms with Gasteiger partial charge in [-0.1, -0.05) is 72.8 Å². The normalized spacial score (nSPS) is 10.4. The second-order valence-electron chi connectivity index (χ2n) is 7.75. The van der Waals surface area contributed by atoms with Crippen LogP contribution < -0.4 is 9.47 Å². The van der Waals surface area contributed by atoms with Gasteiger partial charge in [-0.05, 0) is 35.7 Å². The molecule has 0 spiro atoms. The summed E-state index contributed by atoms with van der Waals surface area (Å²) in [4.78, 5) is 4.86. The fraction of sp³-hybridized carbons (Fsp3) is 0.133. The number of rotatable bonds is 10. The van der Waals surface area contributed by atoms with Crippen LogP contribution in [0, 0.1) is 11.3 Å². The lowest BCUT2D eigenvalue weighted by molar-refractivity contribution is 0.313. The summed E-state index contributed by atoms with van der Waals surface area (Å²) < 4.78 is 11.5. The molecule has 0 saturated heterocycles. The van der Waals surface area contributed by atoms with Gasteiger partial charge in [0.05, 0.1) is 25.0 Å². The summed E-state index contributed by atoms with van der Waals surface area (Å²) in [6, 6.07) is 30.3. The van der Waals surface area contributed by atoms with E-state index in [1.165, 1.54) is 11.8 Å². The van der Waals surface area contributed by atoms with E-state index in [2.05, 4.69) is 12.6 Å². The molecule has 0 aliphatic heterocycles. The van der Waals surface area contributed by atoms with E-state index in [4.69, 9.17) is 14.5 Å². The minimum Gasteiger partial charge on any atom is -0.493 e. The van der Waals surface area contributed by atoms with Crippen molar-refractivity contribution in [1.82, 2.24) is 4.98 Å². The van der Waals surface area contributed by atoms with Crippen LogP contribution in [-0.2, 0) is 6.42 Å². The smallest absolute Gasteiger partial charge is 0.161 e. The molecule has 0 unspecified atom stereocenters. The first-order chi connectivity index (χ1) is 17.2. The highest BCUT2D eigenvalue weighted by atomic mass is 32.2. The number of nitriles is 1. The van der Waals surface area contributed by atoms with Gasteiger partial charge in [-0.3, -0.25) is 0 Å². The molecule has 0 saturated carbocycles. The Morgan fingerprint density at radius 2 is 1.66 bits per heavy atom. The molecule has 174 valence electrons. The predicted molar refractivity (Wildman–Crippen MR) is 143 cm³/mol. The van der Waals surface area contributed by atoms with Crippen molar-refractivity contribution < 1.29 is 9.47 Å². The molecule has 1 aromatic heterocycles. The van der Waals surface area contributed by atoms with Crippen molar-refractivity contribution in [3.8, 4) is 40.0 Å². The van der Waals surface area contributed by atoms with Crippen molar-refractivity contribution in [2.24, 2.45) is 0 Å². The standard InChI is InChI=1S/C30H26N2O2S/c1-3-10-22-15-16-28(29(19-22)33-2)34-17-18-35-30-26(21-31)25(23-11-6-4-7-12-23)20-27(32-30)24-13-8-5-9-14-24/h3-9,11-16,19-20H,1,10,17-18H2,2H3. The summed E-state index contributed by atoms with van der Waals surface area (Å²) >= 11 is 1.52. The van der Waals surface area contributed by atoms with Gasteiger partial charge in [0, 0.05) is 16.9 Å². The van der Waals surface area contributed by atoms with E-state index in [9.17, 15) is 5.26 Å². The highest BCUT2D eigenvalue weighted by molar-refractivity contribution is 7.99. The van der Waals surface area contributed by atoms with Gasteiger partial charge < -0.3 is 9.47 Å². The molecular weight excluding hydrogens is 452 g/mol. The van der Waals surface area contributed by atoms with Gasteiger partial charge >= 0.3 is 0 Å². The lowest BCUT2D eigenvalue weighted by Crippen LogP contribution is -2.03. The Morgan fingerprint density at radius 3 is 2.31 bits per heavy atom. The highest BCUT2D eigenvalue weighted by Crippen LogP contribution is 2.34. The van der Waals surface area contributed by atoms with E-state index < -0.39 is 0 Å². The van der Waals surface area contributed by atoms with E-state index in [0.29, 0.717) is 34.4 Å². The summed E-state index contributed by atoms with van der Waals surface area (Å²) in [7, 11) is 1.64. The van der Waals surface area contributed by atoms with E-state index in [0.717, 1.165) is 34.4 Å². The first-order valence-electron chi connectivity index (χ1n) is 11.3. The second kappa shape index (κ2) is 11.9. The molecule has 0 radical (unpaired) electrons. The van der Waals surface area contributed by atoms with E-state index >= 15 is 0 Å². The minimum absolute atomic E-state index is 0.449. The quantitative estimate of drug-likeness (QED) is 0.137. The van der Waals surface area contributed by atoms with Crippen LogP contribution in [0.3, 0.4) is 0 Å². The largest absolute Gasteiger partial charge is 0.493 e. The number of thioether (sulfide) groups is 1. The van der Waals surface area contributed by atoms with Crippen molar-refractivity contribution in [3.05, 3.63) is 109 Å². The summed E-state index contributed by atoms with van der Waals surface area (Å²) in [6.07, 6.45) is 2.63. The highest BCUT2D eigenvalue weighted by Gasteiger charge is 2.16. The maximum atomic E-state index is 10.0. The molecule has 0 amide bonds. The Labute approximate surface area is 210 Å². The van der Waals surface area contributed by atoms with Crippen LogP contribution in [0.15, 0.2) is 103 Å². The molecule has 0 bridgehead atoms. The Morgan fingerprint density at radius 1 is 0.943 bits per heavy atom. The summed E-state index contributed by atoms with van der Waals surface area (Å²) in [6.45, 7) is 4.23. The number of benzene rings is 3. The molecule has 4 rings (SSSR count). The van der Waals surface area contributed by atoms with Gasteiger partial charge in [0.2, 0.25) is 0 Å². The molecule has 3 aromatic carbocycles. The van der Waals surface area contributed by atoms with Crippen LogP contribution in [-0.4, -0.2) is 24.5 Å². The van der Waals surface area contributed by atoms with Gasteiger partial charge in [0.15, 0.2) is 11.5 Å². The Hall–Kier alpha value is -4.01. The lowest BCUT2D eigenvalue weighted by Gasteiger charge is -2.14. The molecule has 0 atom stereocenters. The monoisotopic (exact) mass is 478 g/mol. The zero-order valence-electron chi connectivity index (χ0n) is 19.6. The number of hydrogen-bond donors (Lipinski definition) is 0. The molecule has 4 nitrogen and oxygen atoms in total. The Kier molecular flexibility index (Phi) is 8.21. The molecule has 4 aromatic rings. The van der Waals surface area contributed by atoms with Crippen LogP contribution in [0.1, 0.15) is 11.1 Å². The van der Waals surface area contributed by atoms with Crippen LogP contribution in [0.4, 0.5) is 0 Å². The number of allylic oxidation sites excluding steroid dienone is 1. The maximum absolute atomic E-state index is 10.0. The number of methoxy groups -OCH3 is 1. The maximum Gasteiger partial charge on any atom is 0.161 e. The molecule has 0 aliphatic rings. The zero-order chi connectivity index (χ0) is 24.5. The third-order valence-corrected chi connectivity index (χ3v) is 6.38. The van der Waals surface area contributed by atoms with E-state index in [1.807, 2.05) is 91.0 Å². The predicted octanol–water partition coefficient (Wildman–Crippen LogP) is 7.20. The Balaban J connectivity index is 1.57. The molecule has 0 fully saturated rings. The zero-order valence-corrected chi connectivity index (χ0v) is 20.4. The lowest BCUT2D eigenvalue weighted by atomic mass is 9.99. The third-order valence-electron chi connectivity index (χ3n) is 5.44. The van der Waals surface area contributed by atoms with Crippen molar-refractivity contribution in [1.29, 1.82) is 5.26 Å². The van der Waals surface area contributed by atoms with Crippen LogP contribution in [0.2, 0.25) is 0 Å². The van der Waals surface area contributed by atoms with Crippen LogP contribution >= 0.6 is 11.8 Å². The summed E-state index contributed by atoms with van der Waals surface area (Å²) in [5.41, 5.74) is 5.42. The van der Waals surface area contributed by atoms with E-state index in [-0.39, 0.29) is 0 Å². The minimum atomic E-state index is 0.449. The van der Waals surface area contributed by atoms with Gasteiger partial charge in [-0.2, -0.15) is 5.26 Å². The second-order valence-corrected chi connectivity index (χ2v) is 8.84. The van der Waals surface area contributed by atoms with Gasteiger partial charge in [-0.15, -0.1) is 18.3 Å². The number of aromatic nitrogens is 1. The summed E-state index contributed by atoms with van der Waals surface area (Å²) in [5, 5.41) is 10.7. The van der Waals surface area contributed by atoms with Gasteiger partial charge in [0.25, 0.3) is 0 Å². The number of ether oxygens (including phenoxy) is 2. The molecule has 35 heavy (non-hydrogen) atoms. The molecular formula is C30H26N2O2S. The van der Waals surface area contributed by atoms with Crippen molar-refractivity contribution in [2.75, 3.05) is 19.5 Å². The average molecular weight is 479 g/mol. The first-order valence-corrected chi connectivity index (χ1v) is 12.3. The third kappa shape index (κ3) is 5.92. The number of nitrogens with zero attached hydrogens (tertiary/aromatic N) is 2. The van der Waals surface area contributed by atoms with Gasteiger partial charge in [0.1, 0.15) is 11.1 Å². The fourth-order valence-electron chi connectivity index (χ4n) is 3.75. The topological polar surface area (TPSA) is 55.1 Å². The number of hydrogen-bond acceptors (Lipinski definition) is 5. The molecule has 1 heterocycles. The van der Waals surface area contributed by atoms with E-state index in [1.54, 1.807) is 7.11 Å². The number of pyridine rings is 1. The first kappa shape index (κ1) is 24.1. The van der Waals surface area contributed by atoms with Crippen molar-refractivity contribution >= 4 is 11.8 Å².